The second-order valence-corrected chi connectivity index (χ2v) is 7.55. The van der Waals surface area contributed by atoms with Gasteiger partial charge >= 0.3 is 0 Å². The van der Waals surface area contributed by atoms with Gasteiger partial charge in [-0.1, -0.05) is 18.2 Å². The molecular weight excluding hydrogens is 372 g/mol. The van der Waals surface area contributed by atoms with Gasteiger partial charge in [-0.3, -0.25) is 4.79 Å². The van der Waals surface area contributed by atoms with E-state index in [9.17, 15) is 4.79 Å². The van der Waals surface area contributed by atoms with Crippen molar-refractivity contribution in [3.63, 3.8) is 0 Å². The molecule has 0 aliphatic carbocycles. The summed E-state index contributed by atoms with van der Waals surface area (Å²) in [5.41, 5.74) is 4.86. The Hall–Kier alpha value is -3.12. The van der Waals surface area contributed by atoms with E-state index >= 15 is 0 Å². The molecule has 0 radical (unpaired) electrons. The van der Waals surface area contributed by atoms with E-state index < -0.39 is 0 Å². The largest absolute Gasteiger partial charge is 0.497 e. The van der Waals surface area contributed by atoms with E-state index in [0.717, 1.165) is 22.3 Å². The summed E-state index contributed by atoms with van der Waals surface area (Å²) in [7, 11) is 1.63. The van der Waals surface area contributed by atoms with Crippen LogP contribution in [0.4, 0.5) is 5.13 Å². The number of ether oxygens (including phenoxy) is 1. The van der Waals surface area contributed by atoms with Crippen LogP contribution in [0.25, 0.3) is 22.4 Å². The van der Waals surface area contributed by atoms with Crippen molar-refractivity contribution < 1.29 is 13.9 Å². The molecule has 4 aromatic rings. The molecule has 2 heterocycles. The van der Waals surface area contributed by atoms with Crippen LogP contribution >= 0.6 is 11.3 Å². The third-order valence-electron chi connectivity index (χ3n) is 4.66. The smallest absolute Gasteiger partial charge is 0.230 e. The molecule has 6 heteroatoms. The fraction of sp³-hybridized carbons (Fsp3) is 0.182. The van der Waals surface area contributed by atoms with Gasteiger partial charge in [0.2, 0.25) is 5.91 Å². The average Bonchev–Trinajstić information content (AvgIpc) is 3.30. The van der Waals surface area contributed by atoms with Gasteiger partial charge in [0.05, 0.1) is 13.5 Å². The molecule has 0 atom stereocenters. The molecular formula is C22H20N2O3S. The number of methoxy groups -OCH3 is 1. The number of fused-ring (bicyclic) bond motifs is 1. The Morgan fingerprint density at radius 3 is 2.79 bits per heavy atom. The number of hydrogen-bond acceptors (Lipinski definition) is 5. The Kier molecular flexibility index (Phi) is 4.88. The number of carbonyl (C=O) groups is 1. The number of nitrogens with one attached hydrogen (secondary N) is 1. The van der Waals surface area contributed by atoms with Crippen LogP contribution in [0.5, 0.6) is 5.75 Å². The number of aromatic nitrogens is 1. The fourth-order valence-corrected chi connectivity index (χ4v) is 3.70. The predicted octanol–water partition coefficient (Wildman–Crippen LogP) is 5.36. The summed E-state index contributed by atoms with van der Waals surface area (Å²) in [4.78, 5) is 16.8. The van der Waals surface area contributed by atoms with Crippen molar-refractivity contribution in [3.8, 4) is 17.2 Å². The average molecular weight is 392 g/mol. The van der Waals surface area contributed by atoms with Crippen LogP contribution in [-0.4, -0.2) is 18.0 Å². The molecule has 5 nitrogen and oxygen atoms in total. The topological polar surface area (TPSA) is 64.4 Å². The third-order valence-corrected chi connectivity index (χ3v) is 5.42. The molecule has 1 amide bonds. The number of benzene rings is 2. The van der Waals surface area contributed by atoms with Crippen LogP contribution < -0.4 is 10.1 Å². The lowest BCUT2D eigenvalue weighted by Gasteiger charge is -2.05. The molecule has 0 saturated carbocycles. The van der Waals surface area contributed by atoms with Crippen molar-refractivity contribution in [2.45, 2.75) is 20.3 Å². The van der Waals surface area contributed by atoms with E-state index in [1.165, 1.54) is 22.5 Å². The highest BCUT2D eigenvalue weighted by Crippen LogP contribution is 2.32. The Morgan fingerprint density at radius 2 is 2.00 bits per heavy atom. The predicted molar refractivity (Wildman–Crippen MR) is 112 cm³/mol. The summed E-state index contributed by atoms with van der Waals surface area (Å²) in [5, 5.41) is 6.25. The molecule has 0 spiro atoms. The summed E-state index contributed by atoms with van der Waals surface area (Å²) in [6.45, 7) is 4.11. The lowest BCUT2D eigenvalue weighted by molar-refractivity contribution is -0.115. The maximum atomic E-state index is 12.4. The van der Waals surface area contributed by atoms with Gasteiger partial charge in [-0.15, -0.1) is 11.3 Å². The molecule has 28 heavy (non-hydrogen) atoms. The van der Waals surface area contributed by atoms with Crippen molar-refractivity contribution >= 4 is 33.3 Å². The van der Waals surface area contributed by atoms with Gasteiger partial charge < -0.3 is 14.5 Å². The van der Waals surface area contributed by atoms with Crippen LogP contribution in [-0.2, 0) is 11.2 Å². The van der Waals surface area contributed by atoms with Crippen molar-refractivity contribution in [1.82, 2.24) is 4.98 Å². The number of rotatable bonds is 5. The monoisotopic (exact) mass is 392 g/mol. The van der Waals surface area contributed by atoms with E-state index in [-0.39, 0.29) is 5.91 Å². The van der Waals surface area contributed by atoms with E-state index in [1.807, 2.05) is 54.8 Å². The Morgan fingerprint density at radius 1 is 1.14 bits per heavy atom. The number of thiazole rings is 1. The van der Waals surface area contributed by atoms with Crippen LogP contribution in [0.3, 0.4) is 0 Å². The quantitative estimate of drug-likeness (QED) is 0.496. The number of furan rings is 1. The minimum absolute atomic E-state index is 0.0847. The zero-order valence-electron chi connectivity index (χ0n) is 15.9. The van der Waals surface area contributed by atoms with E-state index in [1.54, 1.807) is 7.11 Å². The Labute approximate surface area is 167 Å². The van der Waals surface area contributed by atoms with Gasteiger partial charge in [0, 0.05) is 10.8 Å². The first-order valence-electron chi connectivity index (χ1n) is 8.91. The molecule has 4 rings (SSSR count). The highest BCUT2D eigenvalue weighted by atomic mass is 32.1. The maximum absolute atomic E-state index is 12.4. The molecule has 0 aliphatic rings. The molecule has 142 valence electrons. The lowest BCUT2D eigenvalue weighted by Crippen LogP contribution is -2.14. The number of anilines is 1. The van der Waals surface area contributed by atoms with Gasteiger partial charge in [0.1, 0.15) is 17.0 Å². The van der Waals surface area contributed by atoms with E-state index in [0.29, 0.717) is 23.0 Å². The Bertz CT molecular complexity index is 1160. The lowest BCUT2D eigenvalue weighted by atomic mass is 10.0. The third kappa shape index (κ3) is 3.77. The second kappa shape index (κ2) is 7.48. The van der Waals surface area contributed by atoms with Gasteiger partial charge in [-0.25, -0.2) is 4.98 Å². The van der Waals surface area contributed by atoms with E-state index in [2.05, 4.69) is 17.2 Å². The summed E-state index contributed by atoms with van der Waals surface area (Å²) in [5.74, 6) is 1.35. The summed E-state index contributed by atoms with van der Waals surface area (Å²) in [6.07, 6.45) is 0.320. The van der Waals surface area contributed by atoms with Crippen molar-refractivity contribution in [3.05, 3.63) is 64.5 Å². The van der Waals surface area contributed by atoms with Gasteiger partial charge in [0.25, 0.3) is 0 Å². The summed E-state index contributed by atoms with van der Waals surface area (Å²) >= 11 is 1.38. The second-order valence-electron chi connectivity index (χ2n) is 6.70. The first kappa shape index (κ1) is 18.3. The van der Waals surface area contributed by atoms with Crippen LogP contribution in [0.1, 0.15) is 16.7 Å². The fourth-order valence-electron chi connectivity index (χ4n) is 2.98. The molecule has 0 unspecified atom stereocenters. The molecule has 0 saturated heterocycles. The standard InChI is InChI=1S/C22H20N2O3S/c1-13-4-5-15(8-14(13)2)9-21(25)24-22-23-18(12-28-22)20-11-16-10-17(26-3)6-7-19(16)27-20/h4-8,10-12H,9H2,1-3H3,(H,23,24,25). The first-order chi connectivity index (χ1) is 13.5. The van der Waals surface area contributed by atoms with E-state index in [4.69, 9.17) is 9.15 Å². The zero-order chi connectivity index (χ0) is 19.7. The number of carbonyl (C=O) groups excluding carboxylic acids is 1. The minimum Gasteiger partial charge on any atom is -0.497 e. The number of amides is 1. The number of nitrogens with zero attached hydrogens (tertiary/aromatic N) is 1. The summed E-state index contributed by atoms with van der Waals surface area (Å²) in [6, 6.07) is 13.6. The minimum atomic E-state index is -0.0847. The van der Waals surface area contributed by atoms with Crippen molar-refractivity contribution in [1.29, 1.82) is 0 Å². The SMILES string of the molecule is COc1ccc2oc(-c3csc(NC(=O)Cc4ccc(C)c(C)c4)n3)cc2c1. The highest BCUT2D eigenvalue weighted by Gasteiger charge is 2.13. The van der Waals surface area contributed by atoms with Gasteiger partial charge in [-0.05, 0) is 54.8 Å². The van der Waals surface area contributed by atoms with Crippen molar-refractivity contribution in [2.75, 3.05) is 12.4 Å². The number of hydrogen-bond donors (Lipinski definition) is 1. The van der Waals surface area contributed by atoms with Crippen LogP contribution in [0.15, 0.2) is 52.3 Å². The molecule has 0 aliphatic heterocycles. The summed E-state index contributed by atoms with van der Waals surface area (Å²) < 4.78 is 11.1. The zero-order valence-corrected chi connectivity index (χ0v) is 16.7. The maximum Gasteiger partial charge on any atom is 0.230 e. The normalized spacial score (nSPS) is 11.0. The van der Waals surface area contributed by atoms with Crippen molar-refractivity contribution in [2.24, 2.45) is 0 Å². The highest BCUT2D eigenvalue weighted by molar-refractivity contribution is 7.14. The molecule has 0 bridgehead atoms. The number of aryl methyl sites for hydroxylation is 2. The molecule has 1 N–H and O–H groups in total. The molecule has 2 aromatic heterocycles. The van der Waals surface area contributed by atoms with Crippen LogP contribution in [0, 0.1) is 13.8 Å². The molecule has 0 fully saturated rings. The van der Waals surface area contributed by atoms with Gasteiger partial charge in [0.15, 0.2) is 10.9 Å². The van der Waals surface area contributed by atoms with Gasteiger partial charge in [-0.2, -0.15) is 0 Å². The van der Waals surface area contributed by atoms with Crippen LogP contribution in [0.2, 0.25) is 0 Å². The Balaban J connectivity index is 1.48. The molecule has 2 aromatic carbocycles. The first-order valence-corrected chi connectivity index (χ1v) is 9.79.